The highest BCUT2D eigenvalue weighted by atomic mass is 16.4. The van der Waals surface area contributed by atoms with Gasteiger partial charge in [-0.15, -0.1) is 0 Å². The van der Waals surface area contributed by atoms with E-state index in [0.29, 0.717) is 31.4 Å². The minimum atomic E-state index is -1.12. The maximum absolute atomic E-state index is 11.2. The molecule has 1 amide bonds. The number of ketones is 1. The molecule has 5 heteroatoms. The average Bonchev–Trinajstić information content (AvgIpc) is 2.33. The first kappa shape index (κ1) is 12.6. The van der Waals surface area contributed by atoms with Gasteiger partial charge in [0.25, 0.3) is 0 Å². The Hall–Kier alpha value is -1.88. The number of aliphatic hydroxyl groups is 1. The number of nitrogens with one attached hydrogen (secondary N) is 1. The zero-order valence-corrected chi connectivity index (χ0v) is 9.85. The van der Waals surface area contributed by atoms with Crippen LogP contribution < -0.4 is 5.32 Å². The summed E-state index contributed by atoms with van der Waals surface area (Å²) >= 11 is 0. The Morgan fingerprint density at radius 1 is 1.17 bits per heavy atom. The monoisotopic (exact) mass is 249 g/mol. The fourth-order valence-electron chi connectivity index (χ4n) is 2.22. The van der Waals surface area contributed by atoms with Gasteiger partial charge in [-0.3, -0.25) is 10.1 Å². The average molecular weight is 249 g/mol. The molecule has 0 saturated heterocycles. The molecular weight excluding hydrogens is 234 g/mol. The van der Waals surface area contributed by atoms with E-state index >= 15 is 0 Å². The molecule has 0 spiro atoms. The second-order valence-electron chi connectivity index (χ2n) is 4.58. The van der Waals surface area contributed by atoms with Gasteiger partial charge in [0, 0.05) is 18.5 Å². The lowest BCUT2D eigenvalue weighted by Crippen LogP contribution is -2.31. The number of hydrogen-bond donors (Lipinski definition) is 3. The van der Waals surface area contributed by atoms with Crippen LogP contribution in [0.1, 0.15) is 31.2 Å². The maximum Gasteiger partial charge on any atom is 0.409 e. The zero-order chi connectivity index (χ0) is 13.2. The fraction of sp³-hybridized carbons (Fsp3) is 0.385. The van der Waals surface area contributed by atoms with Crippen molar-refractivity contribution >= 4 is 17.6 Å². The number of benzene rings is 1. The van der Waals surface area contributed by atoms with Crippen LogP contribution in [0.25, 0.3) is 0 Å². The summed E-state index contributed by atoms with van der Waals surface area (Å²) in [6, 6.07) is 6.61. The SMILES string of the molecule is O=C1CCC(O)(c2ccc(NC(=O)O)cc2)CC1. The summed E-state index contributed by atoms with van der Waals surface area (Å²) in [4.78, 5) is 21.6. The molecule has 0 aromatic heterocycles. The van der Waals surface area contributed by atoms with Crippen LogP contribution in [0.15, 0.2) is 24.3 Å². The van der Waals surface area contributed by atoms with Crippen LogP contribution in [0.3, 0.4) is 0 Å². The molecule has 1 saturated carbocycles. The van der Waals surface area contributed by atoms with Crippen molar-refractivity contribution in [2.24, 2.45) is 0 Å². The van der Waals surface area contributed by atoms with E-state index in [1.54, 1.807) is 24.3 Å². The molecule has 1 aromatic carbocycles. The van der Waals surface area contributed by atoms with Crippen molar-refractivity contribution in [2.45, 2.75) is 31.3 Å². The number of anilines is 1. The molecule has 96 valence electrons. The summed E-state index contributed by atoms with van der Waals surface area (Å²) < 4.78 is 0. The third-order valence-electron chi connectivity index (χ3n) is 3.31. The van der Waals surface area contributed by atoms with E-state index in [1.165, 1.54) is 0 Å². The standard InChI is InChI=1S/C13H15NO4/c15-11-5-7-13(18,8-6-11)9-1-3-10(4-2-9)14-12(16)17/h1-4,14,18H,5-8H2,(H,16,17). The van der Waals surface area contributed by atoms with Crippen LogP contribution in [0.5, 0.6) is 0 Å². The second-order valence-corrected chi connectivity index (χ2v) is 4.58. The van der Waals surface area contributed by atoms with Crippen molar-refractivity contribution in [1.82, 2.24) is 0 Å². The van der Waals surface area contributed by atoms with E-state index in [4.69, 9.17) is 5.11 Å². The van der Waals surface area contributed by atoms with Crippen molar-refractivity contribution in [3.8, 4) is 0 Å². The van der Waals surface area contributed by atoms with Gasteiger partial charge in [-0.05, 0) is 30.5 Å². The summed E-state index contributed by atoms with van der Waals surface area (Å²) in [7, 11) is 0. The third kappa shape index (κ3) is 2.68. The van der Waals surface area contributed by atoms with E-state index in [2.05, 4.69) is 5.32 Å². The quantitative estimate of drug-likeness (QED) is 0.749. The summed E-state index contributed by atoms with van der Waals surface area (Å²) in [6.07, 6.45) is 0.525. The second kappa shape index (κ2) is 4.78. The van der Waals surface area contributed by atoms with Crippen LogP contribution in [0.2, 0.25) is 0 Å². The van der Waals surface area contributed by atoms with Crippen molar-refractivity contribution in [1.29, 1.82) is 0 Å². The molecule has 0 unspecified atom stereocenters. The van der Waals surface area contributed by atoms with Crippen LogP contribution in [0.4, 0.5) is 10.5 Å². The summed E-state index contributed by atoms with van der Waals surface area (Å²) in [5, 5.41) is 21.2. The predicted octanol–water partition coefficient (Wildman–Crippen LogP) is 2.11. The number of rotatable bonds is 2. The van der Waals surface area contributed by atoms with Crippen LogP contribution in [0, 0.1) is 0 Å². The Bertz CT molecular complexity index is 456. The summed E-state index contributed by atoms with van der Waals surface area (Å²) in [6.45, 7) is 0. The minimum Gasteiger partial charge on any atom is -0.465 e. The molecule has 1 aliphatic carbocycles. The predicted molar refractivity (Wildman–Crippen MR) is 65.5 cm³/mol. The highest BCUT2D eigenvalue weighted by Gasteiger charge is 2.33. The van der Waals surface area contributed by atoms with Gasteiger partial charge in [-0.25, -0.2) is 4.79 Å². The molecule has 1 fully saturated rings. The molecule has 0 heterocycles. The molecule has 5 nitrogen and oxygen atoms in total. The minimum absolute atomic E-state index is 0.184. The van der Waals surface area contributed by atoms with E-state index < -0.39 is 11.7 Å². The lowest BCUT2D eigenvalue weighted by atomic mass is 9.79. The summed E-state index contributed by atoms with van der Waals surface area (Å²) in [5.41, 5.74) is 0.225. The Morgan fingerprint density at radius 3 is 2.22 bits per heavy atom. The van der Waals surface area contributed by atoms with Crippen molar-refractivity contribution < 1.29 is 19.8 Å². The van der Waals surface area contributed by atoms with Gasteiger partial charge in [-0.2, -0.15) is 0 Å². The number of carboxylic acid groups (broad SMARTS) is 1. The molecule has 18 heavy (non-hydrogen) atoms. The first-order chi connectivity index (χ1) is 8.49. The molecule has 3 N–H and O–H groups in total. The van der Waals surface area contributed by atoms with Gasteiger partial charge < -0.3 is 10.2 Å². The Morgan fingerprint density at radius 2 is 1.72 bits per heavy atom. The summed E-state index contributed by atoms with van der Waals surface area (Å²) in [5.74, 6) is 0.184. The Labute approximate surface area is 104 Å². The number of Topliss-reactive ketones (excluding diaryl/α,β-unsaturated/α-hetero) is 1. The van der Waals surface area contributed by atoms with Gasteiger partial charge in [0.2, 0.25) is 0 Å². The largest absolute Gasteiger partial charge is 0.465 e. The lowest BCUT2D eigenvalue weighted by Gasteiger charge is -2.32. The molecule has 0 bridgehead atoms. The highest BCUT2D eigenvalue weighted by Crippen LogP contribution is 2.35. The topological polar surface area (TPSA) is 86.6 Å². The lowest BCUT2D eigenvalue weighted by molar-refractivity contribution is -0.125. The smallest absolute Gasteiger partial charge is 0.409 e. The highest BCUT2D eigenvalue weighted by molar-refractivity contribution is 5.82. The molecule has 1 aromatic rings. The molecule has 0 atom stereocenters. The van der Waals surface area contributed by atoms with Gasteiger partial charge in [0.1, 0.15) is 5.78 Å². The van der Waals surface area contributed by atoms with Crippen LogP contribution in [-0.2, 0) is 10.4 Å². The first-order valence-electron chi connectivity index (χ1n) is 5.84. The number of carbonyl (C=O) groups is 2. The fourth-order valence-corrected chi connectivity index (χ4v) is 2.22. The van der Waals surface area contributed by atoms with E-state index in [-0.39, 0.29) is 5.78 Å². The van der Waals surface area contributed by atoms with Gasteiger partial charge in [-0.1, -0.05) is 12.1 Å². The molecule has 2 rings (SSSR count). The Balaban J connectivity index is 2.13. The Kier molecular flexibility index (Phi) is 3.34. The number of carbonyl (C=O) groups excluding carboxylic acids is 1. The molecule has 0 radical (unpaired) electrons. The van der Waals surface area contributed by atoms with Crippen LogP contribution in [-0.4, -0.2) is 22.1 Å². The van der Waals surface area contributed by atoms with Crippen LogP contribution >= 0.6 is 0 Å². The van der Waals surface area contributed by atoms with Gasteiger partial charge in [0.05, 0.1) is 5.60 Å². The van der Waals surface area contributed by atoms with Crippen molar-refractivity contribution in [3.63, 3.8) is 0 Å². The van der Waals surface area contributed by atoms with Gasteiger partial charge in [0.15, 0.2) is 0 Å². The first-order valence-corrected chi connectivity index (χ1v) is 5.84. The van der Waals surface area contributed by atoms with Crippen molar-refractivity contribution in [2.75, 3.05) is 5.32 Å². The van der Waals surface area contributed by atoms with E-state index in [9.17, 15) is 14.7 Å². The molecule has 0 aliphatic heterocycles. The maximum atomic E-state index is 11.2. The van der Waals surface area contributed by atoms with Crippen molar-refractivity contribution in [3.05, 3.63) is 29.8 Å². The zero-order valence-electron chi connectivity index (χ0n) is 9.85. The van der Waals surface area contributed by atoms with Gasteiger partial charge >= 0.3 is 6.09 Å². The van der Waals surface area contributed by atoms with E-state index in [1.807, 2.05) is 0 Å². The van der Waals surface area contributed by atoms with E-state index in [0.717, 1.165) is 5.56 Å². The molecule has 1 aliphatic rings. The molecular formula is C13H15NO4. The number of hydrogen-bond acceptors (Lipinski definition) is 3. The normalized spacial score (nSPS) is 18.4. The third-order valence-corrected chi connectivity index (χ3v) is 3.31. The number of amides is 1.